The standard InChI is InChI=1S/C13H12ClN3O2/c1-8-3-4-9(7-10(8)14)13-11(17(18)19)5-6-12(15-2)16-13/h3-7H,1-2H3,(H,15,16). The molecule has 0 atom stereocenters. The summed E-state index contributed by atoms with van der Waals surface area (Å²) < 4.78 is 0. The number of pyridine rings is 1. The number of hydrogen-bond acceptors (Lipinski definition) is 4. The number of aryl methyl sites for hydroxylation is 1. The number of rotatable bonds is 3. The molecule has 0 aliphatic heterocycles. The summed E-state index contributed by atoms with van der Waals surface area (Å²) in [5.41, 5.74) is 1.80. The number of nitro groups is 1. The topological polar surface area (TPSA) is 68.1 Å². The molecule has 6 heteroatoms. The van der Waals surface area contributed by atoms with Crippen LogP contribution >= 0.6 is 11.6 Å². The number of hydrogen-bond donors (Lipinski definition) is 1. The van der Waals surface area contributed by atoms with E-state index in [0.717, 1.165) is 5.56 Å². The minimum atomic E-state index is -0.449. The van der Waals surface area contributed by atoms with Crippen LogP contribution < -0.4 is 5.32 Å². The van der Waals surface area contributed by atoms with Gasteiger partial charge in [0.05, 0.1) is 4.92 Å². The number of anilines is 1. The summed E-state index contributed by atoms with van der Waals surface area (Å²) in [6.45, 7) is 1.87. The lowest BCUT2D eigenvalue weighted by atomic mass is 10.1. The average molecular weight is 278 g/mol. The molecule has 1 heterocycles. The highest BCUT2D eigenvalue weighted by atomic mass is 35.5. The molecule has 0 saturated carbocycles. The maximum Gasteiger partial charge on any atom is 0.295 e. The fourth-order valence-electron chi connectivity index (χ4n) is 1.69. The van der Waals surface area contributed by atoms with E-state index in [1.165, 1.54) is 6.07 Å². The van der Waals surface area contributed by atoms with Crippen molar-refractivity contribution in [2.75, 3.05) is 12.4 Å². The van der Waals surface area contributed by atoms with Crippen molar-refractivity contribution in [3.63, 3.8) is 0 Å². The van der Waals surface area contributed by atoms with Crippen molar-refractivity contribution in [2.45, 2.75) is 6.92 Å². The fraction of sp³-hybridized carbons (Fsp3) is 0.154. The highest BCUT2D eigenvalue weighted by Gasteiger charge is 2.18. The van der Waals surface area contributed by atoms with E-state index in [4.69, 9.17) is 11.6 Å². The van der Waals surface area contributed by atoms with Crippen LogP contribution in [0.3, 0.4) is 0 Å². The maximum absolute atomic E-state index is 11.1. The summed E-state index contributed by atoms with van der Waals surface area (Å²) in [4.78, 5) is 14.9. The Morgan fingerprint density at radius 3 is 2.63 bits per heavy atom. The molecule has 0 fully saturated rings. The summed E-state index contributed by atoms with van der Waals surface area (Å²) in [7, 11) is 1.71. The molecule has 0 unspecified atom stereocenters. The van der Waals surface area contributed by atoms with Crippen LogP contribution in [0.5, 0.6) is 0 Å². The predicted octanol–water partition coefficient (Wildman–Crippen LogP) is 3.66. The Labute approximate surface area is 115 Å². The largest absolute Gasteiger partial charge is 0.373 e. The van der Waals surface area contributed by atoms with Gasteiger partial charge >= 0.3 is 0 Å². The van der Waals surface area contributed by atoms with Gasteiger partial charge in [-0.25, -0.2) is 4.98 Å². The third-order valence-corrected chi connectivity index (χ3v) is 3.18. The highest BCUT2D eigenvalue weighted by Crippen LogP contribution is 2.31. The van der Waals surface area contributed by atoms with Crippen LogP contribution in [-0.4, -0.2) is 17.0 Å². The molecule has 0 spiro atoms. The van der Waals surface area contributed by atoms with E-state index in [-0.39, 0.29) is 5.69 Å². The number of aromatic nitrogens is 1. The summed E-state index contributed by atoms with van der Waals surface area (Å²) >= 11 is 6.06. The van der Waals surface area contributed by atoms with Crippen molar-refractivity contribution >= 4 is 23.1 Å². The molecule has 0 saturated heterocycles. The van der Waals surface area contributed by atoms with Gasteiger partial charge in [-0.3, -0.25) is 10.1 Å². The van der Waals surface area contributed by atoms with Crippen molar-refractivity contribution in [3.8, 4) is 11.3 Å². The average Bonchev–Trinajstić information content (AvgIpc) is 2.41. The van der Waals surface area contributed by atoms with Crippen LogP contribution in [0.25, 0.3) is 11.3 Å². The SMILES string of the molecule is CNc1ccc([N+](=O)[O-])c(-c2ccc(C)c(Cl)c2)n1. The first-order chi connectivity index (χ1) is 9.02. The zero-order valence-corrected chi connectivity index (χ0v) is 11.2. The summed E-state index contributed by atoms with van der Waals surface area (Å²) in [5, 5.41) is 14.5. The zero-order chi connectivity index (χ0) is 14.0. The predicted molar refractivity (Wildman–Crippen MR) is 75.6 cm³/mol. The highest BCUT2D eigenvalue weighted by molar-refractivity contribution is 6.31. The van der Waals surface area contributed by atoms with Crippen LogP contribution in [0.4, 0.5) is 11.5 Å². The van der Waals surface area contributed by atoms with E-state index in [1.807, 2.05) is 13.0 Å². The van der Waals surface area contributed by atoms with E-state index < -0.39 is 4.92 Å². The van der Waals surface area contributed by atoms with Crippen LogP contribution in [0, 0.1) is 17.0 Å². The van der Waals surface area contributed by atoms with Crippen molar-refractivity contribution in [1.29, 1.82) is 0 Å². The molecule has 0 radical (unpaired) electrons. The molecule has 1 N–H and O–H groups in total. The van der Waals surface area contributed by atoms with Crippen LogP contribution in [0.1, 0.15) is 5.56 Å². The van der Waals surface area contributed by atoms with E-state index in [9.17, 15) is 10.1 Å². The Hall–Kier alpha value is -2.14. The van der Waals surface area contributed by atoms with Crippen LogP contribution in [0.15, 0.2) is 30.3 Å². The van der Waals surface area contributed by atoms with E-state index in [1.54, 1.807) is 25.2 Å². The molecule has 0 bridgehead atoms. The van der Waals surface area contributed by atoms with Crippen molar-refractivity contribution in [2.24, 2.45) is 0 Å². The second-order valence-corrected chi connectivity index (χ2v) is 4.44. The molecule has 2 rings (SSSR count). The second-order valence-electron chi connectivity index (χ2n) is 4.04. The van der Waals surface area contributed by atoms with Gasteiger partial charge < -0.3 is 5.32 Å². The minimum absolute atomic E-state index is 0.0427. The molecule has 0 aliphatic carbocycles. The van der Waals surface area contributed by atoms with Gasteiger partial charge in [-0.15, -0.1) is 0 Å². The van der Waals surface area contributed by atoms with Gasteiger partial charge in [0.15, 0.2) is 5.69 Å². The Bertz CT molecular complexity index is 644. The summed E-state index contributed by atoms with van der Waals surface area (Å²) in [6, 6.07) is 8.27. The molecular weight excluding hydrogens is 266 g/mol. The minimum Gasteiger partial charge on any atom is -0.373 e. The van der Waals surface area contributed by atoms with Crippen LogP contribution in [0.2, 0.25) is 5.02 Å². The first-order valence-corrected chi connectivity index (χ1v) is 6.00. The second kappa shape index (κ2) is 5.24. The van der Waals surface area contributed by atoms with Gasteiger partial charge in [0, 0.05) is 23.7 Å². The number of nitrogens with one attached hydrogen (secondary N) is 1. The van der Waals surface area contributed by atoms with Crippen LogP contribution in [-0.2, 0) is 0 Å². The van der Waals surface area contributed by atoms with Gasteiger partial charge in [-0.05, 0) is 24.6 Å². The molecule has 0 amide bonds. The number of halogens is 1. The van der Waals surface area contributed by atoms with E-state index >= 15 is 0 Å². The number of nitrogens with zero attached hydrogens (tertiary/aromatic N) is 2. The lowest BCUT2D eigenvalue weighted by molar-refractivity contribution is -0.384. The normalized spacial score (nSPS) is 10.3. The third kappa shape index (κ3) is 2.66. The monoisotopic (exact) mass is 277 g/mol. The lowest BCUT2D eigenvalue weighted by Gasteiger charge is -2.07. The molecule has 1 aromatic heterocycles. The smallest absolute Gasteiger partial charge is 0.295 e. The van der Waals surface area contributed by atoms with Gasteiger partial charge in [0.2, 0.25) is 0 Å². The maximum atomic E-state index is 11.1. The Morgan fingerprint density at radius 1 is 1.32 bits per heavy atom. The van der Waals surface area contributed by atoms with Crippen molar-refractivity contribution in [1.82, 2.24) is 4.98 Å². The molecular formula is C13H12ClN3O2. The molecule has 2 aromatic rings. The van der Waals surface area contributed by atoms with E-state index in [0.29, 0.717) is 22.1 Å². The van der Waals surface area contributed by atoms with Gasteiger partial charge in [0.1, 0.15) is 5.82 Å². The van der Waals surface area contributed by atoms with Gasteiger partial charge in [0.25, 0.3) is 5.69 Å². The number of benzene rings is 1. The Kier molecular flexibility index (Phi) is 3.66. The van der Waals surface area contributed by atoms with Gasteiger partial charge in [-0.1, -0.05) is 23.7 Å². The molecule has 0 aliphatic rings. The van der Waals surface area contributed by atoms with Crippen molar-refractivity contribution in [3.05, 3.63) is 51.0 Å². The molecule has 5 nitrogen and oxygen atoms in total. The molecule has 98 valence electrons. The van der Waals surface area contributed by atoms with Gasteiger partial charge in [-0.2, -0.15) is 0 Å². The quantitative estimate of drug-likeness (QED) is 0.687. The first-order valence-electron chi connectivity index (χ1n) is 5.62. The zero-order valence-electron chi connectivity index (χ0n) is 10.5. The lowest BCUT2D eigenvalue weighted by Crippen LogP contribution is -1.99. The van der Waals surface area contributed by atoms with Crippen molar-refractivity contribution < 1.29 is 4.92 Å². The molecule has 1 aromatic carbocycles. The first kappa shape index (κ1) is 13.3. The Morgan fingerprint density at radius 2 is 2.05 bits per heavy atom. The third-order valence-electron chi connectivity index (χ3n) is 2.77. The Balaban J connectivity index is 2.64. The summed E-state index contributed by atoms with van der Waals surface area (Å²) in [6.07, 6.45) is 0. The fourth-order valence-corrected chi connectivity index (χ4v) is 1.87. The molecule has 19 heavy (non-hydrogen) atoms. The summed E-state index contributed by atoms with van der Waals surface area (Å²) in [5.74, 6) is 0.567. The van der Waals surface area contributed by atoms with E-state index in [2.05, 4.69) is 10.3 Å².